The molecule has 0 saturated carbocycles. The van der Waals surface area contributed by atoms with E-state index in [1.165, 1.54) is 12.1 Å². The summed E-state index contributed by atoms with van der Waals surface area (Å²) in [4.78, 5) is 27.0. The number of nitrogens with one attached hydrogen (secondary N) is 2. The van der Waals surface area contributed by atoms with Crippen LogP contribution < -0.4 is 10.6 Å². The average molecular weight is 396 g/mol. The Morgan fingerprint density at radius 1 is 1.21 bits per heavy atom. The number of ketones is 1. The third-order valence-corrected chi connectivity index (χ3v) is 6.39. The molecule has 0 radical (unpaired) electrons. The summed E-state index contributed by atoms with van der Waals surface area (Å²) in [7, 11) is 0. The lowest BCUT2D eigenvalue weighted by molar-refractivity contribution is -0.116. The molecule has 1 aromatic carbocycles. The number of carbonyl (C=O) groups is 2. The SMILES string of the molecule is CC1=C(C(=O)Nc2ccccc2F)C(c2sccc2C)C2=C(CCCC2=O)N1. The van der Waals surface area contributed by atoms with E-state index < -0.39 is 17.6 Å². The molecule has 2 aliphatic rings. The van der Waals surface area contributed by atoms with Crippen molar-refractivity contribution < 1.29 is 14.0 Å². The highest BCUT2D eigenvalue weighted by atomic mass is 32.1. The fraction of sp³-hybridized carbons (Fsp3) is 0.273. The van der Waals surface area contributed by atoms with Gasteiger partial charge in [0, 0.05) is 33.8 Å². The lowest BCUT2D eigenvalue weighted by Gasteiger charge is -2.34. The number of Topliss-reactive ketones (excluding diaryl/α,β-unsaturated/α-hetero) is 1. The van der Waals surface area contributed by atoms with Crippen molar-refractivity contribution in [1.29, 1.82) is 0 Å². The van der Waals surface area contributed by atoms with Gasteiger partial charge in [-0.05, 0) is 55.8 Å². The van der Waals surface area contributed by atoms with E-state index in [4.69, 9.17) is 0 Å². The summed E-state index contributed by atoms with van der Waals surface area (Å²) in [5.41, 5.74) is 3.95. The third-order valence-electron chi connectivity index (χ3n) is 5.31. The minimum absolute atomic E-state index is 0.0789. The largest absolute Gasteiger partial charge is 0.362 e. The van der Waals surface area contributed by atoms with Crippen molar-refractivity contribution in [3.8, 4) is 0 Å². The number of anilines is 1. The number of benzene rings is 1. The van der Waals surface area contributed by atoms with Crippen molar-refractivity contribution in [2.45, 2.75) is 39.0 Å². The predicted octanol–water partition coefficient (Wildman–Crippen LogP) is 4.80. The molecule has 0 fully saturated rings. The van der Waals surface area contributed by atoms with Gasteiger partial charge in [-0.25, -0.2) is 4.39 Å². The van der Waals surface area contributed by atoms with Crippen LogP contribution in [-0.4, -0.2) is 11.7 Å². The van der Waals surface area contributed by atoms with Crippen molar-refractivity contribution in [2.24, 2.45) is 0 Å². The van der Waals surface area contributed by atoms with Crippen molar-refractivity contribution in [2.75, 3.05) is 5.32 Å². The van der Waals surface area contributed by atoms with Gasteiger partial charge >= 0.3 is 0 Å². The van der Waals surface area contributed by atoms with Gasteiger partial charge in [0.2, 0.25) is 0 Å². The summed E-state index contributed by atoms with van der Waals surface area (Å²) >= 11 is 1.54. The van der Waals surface area contributed by atoms with Crippen LogP contribution in [0.4, 0.5) is 10.1 Å². The number of thiophene rings is 1. The second-order valence-corrected chi connectivity index (χ2v) is 8.12. The van der Waals surface area contributed by atoms with E-state index in [1.807, 2.05) is 25.3 Å². The highest BCUT2D eigenvalue weighted by Gasteiger charge is 2.39. The Morgan fingerprint density at radius 2 is 2.00 bits per heavy atom. The van der Waals surface area contributed by atoms with E-state index in [9.17, 15) is 14.0 Å². The van der Waals surface area contributed by atoms with Crippen molar-refractivity contribution in [1.82, 2.24) is 5.32 Å². The van der Waals surface area contributed by atoms with Gasteiger partial charge in [-0.1, -0.05) is 12.1 Å². The van der Waals surface area contributed by atoms with E-state index in [1.54, 1.807) is 23.5 Å². The third kappa shape index (κ3) is 3.18. The average Bonchev–Trinajstić information content (AvgIpc) is 3.08. The van der Waals surface area contributed by atoms with Gasteiger partial charge in [0.1, 0.15) is 5.82 Å². The van der Waals surface area contributed by atoms with Gasteiger partial charge in [0.05, 0.1) is 11.6 Å². The minimum atomic E-state index is -0.490. The normalized spacial score (nSPS) is 19.4. The Labute approximate surface area is 167 Å². The number of allylic oxidation sites excluding steroid dienone is 3. The van der Waals surface area contributed by atoms with Crippen LogP contribution in [0.15, 0.2) is 58.3 Å². The van der Waals surface area contributed by atoms with Crippen LogP contribution in [0, 0.1) is 12.7 Å². The molecule has 4 rings (SSSR count). The zero-order valence-electron chi connectivity index (χ0n) is 15.8. The Kier molecular flexibility index (Phi) is 4.89. The van der Waals surface area contributed by atoms with Gasteiger partial charge in [-0.3, -0.25) is 9.59 Å². The standard InChI is InChI=1S/C22H21FN2O2S/c1-12-10-11-28-21(12)20-18(22(27)25-15-7-4-3-6-14(15)23)13(2)24-16-8-5-9-17(26)19(16)20/h3-4,6-7,10-11,20,24H,5,8-9H2,1-2H3,(H,25,27). The second kappa shape index (κ2) is 7.36. The van der Waals surface area contributed by atoms with Crippen molar-refractivity contribution >= 4 is 28.7 Å². The van der Waals surface area contributed by atoms with Crippen LogP contribution in [0.25, 0.3) is 0 Å². The van der Waals surface area contributed by atoms with Crippen molar-refractivity contribution in [3.05, 3.63) is 74.5 Å². The maximum Gasteiger partial charge on any atom is 0.254 e. The van der Waals surface area contributed by atoms with E-state index in [0.29, 0.717) is 23.3 Å². The lowest BCUT2D eigenvalue weighted by atomic mass is 9.77. The molecule has 1 aliphatic carbocycles. The number of aryl methyl sites for hydroxylation is 1. The molecule has 1 aromatic heterocycles. The lowest BCUT2D eigenvalue weighted by Crippen LogP contribution is -2.35. The Bertz CT molecular complexity index is 1030. The number of carbonyl (C=O) groups excluding carboxylic acids is 2. The van der Waals surface area contributed by atoms with Gasteiger partial charge in [0.25, 0.3) is 5.91 Å². The summed E-state index contributed by atoms with van der Waals surface area (Å²) in [5.74, 6) is -1.22. The quantitative estimate of drug-likeness (QED) is 0.783. The molecule has 28 heavy (non-hydrogen) atoms. The molecule has 0 spiro atoms. The van der Waals surface area contributed by atoms with Gasteiger partial charge in [-0.15, -0.1) is 11.3 Å². The number of dihydropyridines is 1. The first-order chi connectivity index (χ1) is 13.5. The number of para-hydroxylation sites is 1. The summed E-state index contributed by atoms with van der Waals surface area (Å²) < 4.78 is 14.1. The smallest absolute Gasteiger partial charge is 0.254 e. The molecule has 4 nitrogen and oxygen atoms in total. The Balaban J connectivity index is 1.80. The molecule has 0 bridgehead atoms. The number of hydrogen-bond acceptors (Lipinski definition) is 4. The Morgan fingerprint density at radius 3 is 2.71 bits per heavy atom. The predicted molar refractivity (Wildman–Crippen MR) is 109 cm³/mol. The van der Waals surface area contributed by atoms with E-state index in [-0.39, 0.29) is 11.5 Å². The van der Waals surface area contributed by atoms with Gasteiger partial charge in [-0.2, -0.15) is 0 Å². The molecule has 1 unspecified atom stereocenters. The first kappa shape index (κ1) is 18.6. The molecule has 2 heterocycles. The molecular weight excluding hydrogens is 375 g/mol. The highest BCUT2D eigenvalue weighted by Crippen LogP contribution is 2.45. The molecule has 1 atom stereocenters. The van der Waals surface area contributed by atoms with Crippen LogP contribution in [0.5, 0.6) is 0 Å². The van der Waals surface area contributed by atoms with E-state index >= 15 is 0 Å². The first-order valence-corrected chi connectivity index (χ1v) is 10.2. The van der Waals surface area contributed by atoms with E-state index in [2.05, 4.69) is 10.6 Å². The Hall–Kier alpha value is -2.73. The monoisotopic (exact) mass is 396 g/mol. The molecular formula is C22H21FN2O2S. The molecule has 2 aromatic rings. The number of hydrogen-bond donors (Lipinski definition) is 2. The molecule has 6 heteroatoms. The van der Waals surface area contributed by atoms with E-state index in [0.717, 1.165) is 29.0 Å². The number of halogens is 1. The fourth-order valence-electron chi connectivity index (χ4n) is 3.98. The van der Waals surface area contributed by atoms with Crippen LogP contribution in [0.2, 0.25) is 0 Å². The number of amides is 1. The summed E-state index contributed by atoms with van der Waals surface area (Å²) in [6, 6.07) is 8.08. The van der Waals surface area contributed by atoms with Gasteiger partial charge in [0.15, 0.2) is 5.78 Å². The molecule has 144 valence electrons. The van der Waals surface area contributed by atoms with Gasteiger partial charge < -0.3 is 10.6 Å². The highest BCUT2D eigenvalue weighted by molar-refractivity contribution is 7.10. The maximum absolute atomic E-state index is 14.1. The number of rotatable bonds is 3. The second-order valence-electron chi connectivity index (χ2n) is 7.17. The van der Waals surface area contributed by atoms with Crippen LogP contribution >= 0.6 is 11.3 Å². The van der Waals surface area contributed by atoms with Crippen LogP contribution in [-0.2, 0) is 9.59 Å². The zero-order valence-corrected chi connectivity index (χ0v) is 16.6. The molecule has 2 N–H and O–H groups in total. The molecule has 0 saturated heterocycles. The summed E-state index contributed by atoms with van der Waals surface area (Å²) in [5, 5.41) is 7.95. The van der Waals surface area contributed by atoms with Crippen LogP contribution in [0.3, 0.4) is 0 Å². The van der Waals surface area contributed by atoms with Crippen molar-refractivity contribution in [3.63, 3.8) is 0 Å². The maximum atomic E-state index is 14.1. The summed E-state index contributed by atoms with van der Waals surface area (Å²) in [6.45, 7) is 3.83. The summed E-state index contributed by atoms with van der Waals surface area (Å²) in [6.07, 6.45) is 2.09. The fourth-order valence-corrected chi connectivity index (χ4v) is 5.02. The van der Waals surface area contributed by atoms with Crippen LogP contribution in [0.1, 0.15) is 42.5 Å². The first-order valence-electron chi connectivity index (χ1n) is 9.31. The molecule has 1 amide bonds. The zero-order chi connectivity index (χ0) is 19.8. The minimum Gasteiger partial charge on any atom is -0.362 e. The molecule has 1 aliphatic heterocycles. The topological polar surface area (TPSA) is 58.2 Å².